The summed E-state index contributed by atoms with van der Waals surface area (Å²) in [6, 6.07) is 10.4. The van der Waals surface area contributed by atoms with Gasteiger partial charge in [0.05, 0.1) is 0 Å². The summed E-state index contributed by atoms with van der Waals surface area (Å²) >= 11 is 0.430. The van der Waals surface area contributed by atoms with Gasteiger partial charge in [0, 0.05) is 0 Å². The van der Waals surface area contributed by atoms with Crippen molar-refractivity contribution in [2.24, 2.45) is 0 Å². The molecule has 1 aliphatic rings. The van der Waals surface area contributed by atoms with E-state index in [4.69, 9.17) is 0 Å². The number of nitrogens with one attached hydrogen (secondary N) is 1. The van der Waals surface area contributed by atoms with Crippen LogP contribution in [0.25, 0.3) is 5.70 Å². The molecule has 0 fully saturated rings. The van der Waals surface area contributed by atoms with Crippen LogP contribution in [-0.4, -0.2) is 15.2 Å². The van der Waals surface area contributed by atoms with Gasteiger partial charge in [-0.3, -0.25) is 0 Å². The molecule has 0 saturated heterocycles. The van der Waals surface area contributed by atoms with E-state index in [0.29, 0.717) is 15.2 Å². The number of allylic oxidation sites excluding steroid dienone is 2. The molecule has 0 spiro atoms. The van der Waals surface area contributed by atoms with Crippen molar-refractivity contribution in [3.8, 4) is 0 Å². The first-order valence-electron chi connectivity index (χ1n) is 3.81. The zero-order chi connectivity index (χ0) is 8.23. The first kappa shape index (κ1) is 7.66. The van der Waals surface area contributed by atoms with Crippen molar-refractivity contribution in [1.29, 1.82) is 0 Å². The molecule has 0 unspecified atom stereocenters. The third-order valence-electron chi connectivity index (χ3n) is 1.66. The van der Waals surface area contributed by atoms with E-state index < -0.39 is 0 Å². The van der Waals surface area contributed by atoms with Gasteiger partial charge in [0.25, 0.3) is 0 Å². The average Bonchev–Trinajstić information content (AvgIpc) is 2.21. The van der Waals surface area contributed by atoms with Crippen molar-refractivity contribution < 1.29 is 0 Å². The minimum atomic E-state index is 0.430. The Bertz CT molecular complexity index is 314. The molecule has 0 aliphatic carbocycles. The van der Waals surface area contributed by atoms with Crippen LogP contribution in [0.15, 0.2) is 47.5 Å². The fraction of sp³-hybridized carbons (Fsp3) is 0. The monoisotopic (exact) mass is 223 g/mol. The zero-order valence-corrected chi connectivity index (χ0v) is 8.24. The Labute approximate surface area is 78.5 Å². The molecule has 2 heteroatoms. The van der Waals surface area contributed by atoms with Gasteiger partial charge in [-0.2, -0.15) is 0 Å². The Balaban J connectivity index is 2.31. The van der Waals surface area contributed by atoms with Crippen molar-refractivity contribution in [3.05, 3.63) is 53.0 Å². The molecule has 1 nitrogen and oxygen atoms in total. The van der Waals surface area contributed by atoms with Gasteiger partial charge in [-0.05, 0) is 0 Å². The van der Waals surface area contributed by atoms with Crippen LogP contribution in [0.1, 0.15) is 5.56 Å². The van der Waals surface area contributed by atoms with E-state index in [2.05, 4.69) is 45.7 Å². The standard InChI is InChI=1S/C10H9NSe/c1-2-5-9(6-3-1)10-7-4-8-12-11-10/h1-8,11H. The van der Waals surface area contributed by atoms with E-state index in [-0.39, 0.29) is 0 Å². The number of rotatable bonds is 1. The molecule has 0 atom stereocenters. The zero-order valence-electron chi connectivity index (χ0n) is 6.53. The summed E-state index contributed by atoms with van der Waals surface area (Å²) < 4.78 is 3.37. The quantitative estimate of drug-likeness (QED) is 0.714. The number of benzene rings is 1. The Morgan fingerprint density at radius 2 is 1.92 bits per heavy atom. The Hall–Kier alpha value is -0.981. The molecule has 1 aliphatic heterocycles. The van der Waals surface area contributed by atoms with E-state index in [1.165, 1.54) is 11.3 Å². The van der Waals surface area contributed by atoms with E-state index in [1.807, 2.05) is 6.07 Å². The summed E-state index contributed by atoms with van der Waals surface area (Å²) in [7, 11) is 0. The summed E-state index contributed by atoms with van der Waals surface area (Å²) in [5, 5.41) is 0. The van der Waals surface area contributed by atoms with Crippen LogP contribution in [0, 0.1) is 0 Å². The van der Waals surface area contributed by atoms with Gasteiger partial charge in [-0.25, -0.2) is 0 Å². The molecule has 0 radical (unpaired) electrons. The molecule has 60 valence electrons. The molecule has 0 aromatic heterocycles. The molecule has 0 amide bonds. The summed E-state index contributed by atoms with van der Waals surface area (Å²) in [4.78, 5) is 2.17. The van der Waals surface area contributed by atoms with Gasteiger partial charge in [-0.15, -0.1) is 0 Å². The molecule has 2 rings (SSSR count). The van der Waals surface area contributed by atoms with Crippen LogP contribution in [0.2, 0.25) is 0 Å². The van der Waals surface area contributed by atoms with E-state index in [0.717, 1.165) is 0 Å². The van der Waals surface area contributed by atoms with E-state index in [9.17, 15) is 0 Å². The molecule has 1 aromatic rings. The SMILES string of the molecule is C1=C[Se]NC(c2ccccc2)=C1. The van der Waals surface area contributed by atoms with Crippen LogP contribution >= 0.6 is 0 Å². The van der Waals surface area contributed by atoms with Gasteiger partial charge < -0.3 is 0 Å². The average molecular weight is 222 g/mol. The van der Waals surface area contributed by atoms with Gasteiger partial charge in [0.2, 0.25) is 0 Å². The maximum absolute atomic E-state index is 3.37. The van der Waals surface area contributed by atoms with E-state index >= 15 is 0 Å². The van der Waals surface area contributed by atoms with E-state index in [1.54, 1.807) is 0 Å². The number of hydrogen-bond acceptors (Lipinski definition) is 1. The summed E-state index contributed by atoms with van der Waals surface area (Å²) in [6.45, 7) is 0. The predicted molar refractivity (Wildman–Crippen MR) is 52.4 cm³/mol. The maximum atomic E-state index is 3.37. The van der Waals surface area contributed by atoms with Crippen LogP contribution in [0.4, 0.5) is 0 Å². The topological polar surface area (TPSA) is 12.0 Å². The van der Waals surface area contributed by atoms with Crippen molar-refractivity contribution in [3.63, 3.8) is 0 Å². The van der Waals surface area contributed by atoms with Crippen molar-refractivity contribution in [1.82, 2.24) is 4.33 Å². The normalized spacial score (nSPS) is 15.2. The second-order valence-corrected chi connectivity index (χ2v) is 3.99. The minimum absolute atomic E-state index is 0.430. The second-order valence-electron chi connectivity index (χ2n) is 2.49. The van der Waals surface area contributed by atoms with Gasteiger partial charge in [0.1, 0.15) is 0 Å². The fourth-order valence-electron chi connectivity index (χ4n) is 1.08. The van der Waals surface area contributed by atoms with Gasteiger partial charge >= 0.3 is 78.2 Å². The summed E-state index contributed by atoms with van der Waals surface area (Å²) in [5.74, 6) is 0. The summed E-state index contributed by atoms with van der Waals surface area (Å²) in [6.07, 6.45) is 4.22. The first-order chi connectivity index (χ1) is 5.97. The molecule has 12 heavy (non-hydrogen) atoms. The van der Waals surface area contributed by atoms with Gasteiger partial charge in [-0.1, -0.05) is 0 Å². The fourth-order valence-corrected chi connectivity index (χ4v) is 2.21. The molecular formula is C10H9NSe. The molecule has 1 N–H and O–H groups in total. The van der Waals surface area contributed by atoms with Crippen LogP contribution in [-0.2, 0) is 0 Å². The second kappa shape index (κ2) is 3.61. The van der Waals surface area contributed by atoms with Crippen molar-refractivity contribution >= 4 is 20.9 Å². The van der Waals surface area contributed by atoms with Crippen LogP contribution < -0.4 is 4.33 Å². The Morgan fingerprint density at radius 3 is 2.58 bits per heavy atom. The molecule has 1 aromatic carbocycles. The molecule has 1 heterocycles. The third kappa shape index (κ3) is 1.60. The molecule has 0 saturated carbocycles. The molecule has 0 bridgehead atoms. The first-order valence-corrected chi connectivity index (χ1v) is 5.65. The van der Waals surface area contributed by atoms with Crippen LogP contribution in [0.3, 0.4) is 0 Å². The van der Waals surface area contributed by atoms with Crippen LogP contribution in [0.5, 0.6) is 0 Å². The number of hydrogen-bond donors (Lipinski definition) is 1. The molecular weight excluding hydrogens is 213 g/mol. The predicted octanol–water partition coefficient (Wildman–Crippen LogP) is 1.76. The Kier molecular flexibility index (Phi) is 2.31. The third-order valence-corrected chi connectivity index (χ3v) is 2.99. The van der Waals surface area contributed by atoms with Gasteiger partial charge in [0.15, 0.2) is 0 Å². The Morgan fingerprint density at radius 1 is 1.08 bits per heavy atom. The van der Waals surface area contributed by atoms with Crippen molar-refractivity contribution in [2.75, 3.05) is 0 Å². The van der Waals surface area contributed by atoms with Crippen molar-refractivity contribution in [2.45, 2.75) is 0 Å². The summed E-state index contributed by atoms with van der Waals surface area (Å²) in [5.41, 5.74) is 2.50.